The van der Waals surface area contributed by atoms with E-state index in [4.69, 9.17) is 30.2 Å². The van der Waals surface area contributed by atoms with Gasteiger partial charge in [-0.25, -0.2) is 4.98 Å². The van der Waals surface area contributed by atoms with Gasteiger partial charge >= 0.3 is 6.01 Å². The van der Waals surface area contributed by atoms with Crippen LogP contribution in [0.5, 0.6) is 6.01 Å². The van der Waals surface area contributed by atoms with Crippen molar-refractivity contribution in [1.82, 2.24) is 24.8 Å². The highest BCUT2D eigenvalue weighted by Crippen LogP contribution is 2.40. The molecule has 0 aliphatic carbocycles. The van der Waals surface area contributed by atoms with E-state index in [0.717, 1.165) is 59.5 Å². The Labute approximate surface area is 257 Å². The first-order valence-electron chi connectivity index (χ1n) is 15.6. The van der Waals surface area contributed by atoms with Crippen LogP contribution in [0.1, 0.15) is 55.2 Å². The molecule has 0 radical (unpaired) electrons. The first-order valence-corrected chi connectivity index (χ1v) is 15.6. The van der Waals surface area contributed by atoms with Crippen LogP contribution >= 0.6 is 0 Å². The van der Waals surface area contributed by atoms with Crippen molar-refractivity contribution in [3.8, 4) is 12.1 Å². The van der Waals surface area contributed by atoms with Crippen LogP contribution in [0.2, 0.25) is 0 Å². The number of carbonyl (C=O) groups is 1. The summed E-state index contributed by atoms with van der Waals surface area (Å²) in [6, 6.07) is 12.3. The summed E-state index contributed by atoms with van der Waals surface area (Å²) in [7, 11) is 0. The molecule has 6 heterocycles. The lowest BCUT2D eigenvalue weighted by Crippen LogP contribution is -2.55. The van der Waals surface area contributed by atoms with Crippen molar-refractivity contribution in [2.75, 3.05) is 50.0 Å². The fourth-order valence-corrected chi connectivity index (χ4v) is 7.62. The number of nitrogens with zero attached hydrogens (tertiary/aromatic N) is 7. The van der Waals surface area contributed by atoms with Crippen LogP contribution in [-0.4, -0.2) is 81.6 Å². The topological polar surface area (TPSA) is 134 Å². The van der Waals surface area contributed by atoms with Gasteiger partial charge in [-0.2, -0.15) is 15.2 Å². The monoisotopic (exact) mass is 594 g/mol. The standard InChI is InChI=1S/C33H38N8O3/c1-2-29(42)41-16-15-39(19-23(41)9-12-34)31-25-20-43-27(30-24-8-4-3-7-22(24)17-28(35)37-30)18-26(25)36-32(38-31)44-21-33-10-5-13-40(33)14-6-11-33/h2-4,7-8,17,23,27H,1,5-6,9-11,13-16,18-21H2,(H2,35,37)/t23-,27?/m0/s1. The van der Waals surface area contributed by atoms with Crippen LogP contribution in [-0.2, 0) is 22.6 Å². The highest BCUT2D eigenvalue weighted by atomic mass is 16.5. The van der Waals surface area contributed by atoms with E-state index >= 15 is 0 Å². The number of rotatable bonds is 7. The molecule has 2 atom stereocenters. The number of nitrogens with two attached hydrogens (primary N) is 1. The van der Waals surface area contributed by atoms with Crippen molar-refractivity contribution >= 4 is 28.3 Å². The molecule has 44 heavy (non-hydrogen) atoms. The molecule has 4 aliphatic heterocycles. The van der Waals surface area contributed by atoms with E-state index in [1.807, 2.05) is 30.3 Å². The molecule has 4 aliphatic rings. The van der Waals surface area contributed by atoms with E-state index < -0.39 is 0 Å². The van der Waals surface area contributed by atoms with Gasteiger partial charge in [-0.15, -0.1) is 0 Å². The third-order valence-corrected chi connectivity index (χ3v) is 9.80. The maximum atomic E-state index is 12.6. The number of ether oxygens (including phenoxy) is 2. The fourth-order valence-electron chi connectivity index (χ4n) is 7.62. The Morgan fingerprint density at radius 1 is 1.18 bits per heavy atom. The van der Waals surface area contributed by atoms with Crippen LogP contribution in [0.3, 0.4) is 0 Å². The molecule has 1 unspecified atom stereocenters. The number of nitrogen functional groups attached to an aromatic ring is 1. The molecule has 0 bridgehead atoms. The lowest BCUT2D eigenvalue weighted by Gasteiger charge is -2.42. The number of hydrogen-bond donors (Lipinski definition) is 1. The molecule has 3 saturated heterocycles. The van der Waals surface area contributed by atoms with Gasteiger partial charge < -0.3 is 25.0 Å². The molecule has 1 aromatic carbocycles. The summed E-state index contributed by atoms with van der Waals surface area (Å²) in [5.41, 5.74) is 8.84. The second-order valence-corrected chi connectivity index (χ2v) is 12.3. The van der Waals surface area contributed by atoms with Crippen LogP contribution in [0.25, 0.3) is 10.8 Å². The molecular formula is C33H38N8O3. The van der Waals surface area contributed by atoms with Crippen LogP contribution in [0.15, 0.2) is 43.0 Å². The second kappa shape index (κ2) is 11.7. The van der Waals surface area contributed by atoms with Gasteiger partial charge in [-0.3, -0.25) is 9.69 Å². The van der Waals surface area contributed by atoms with Crippen LogP contribution < -0.4 is 15.4 Å². The van der Waals surface area contributed by atoms with E-state index in [1.54, 1.807) is 4.90 Å². The number of hydrogen-bond acceptors (Lipinski definition) is 10. The van der Waals surface area contributed by atoms with Gasteiger partial charge in [0.15, 0.2) is 0 Å². The fraction of sp³-hybridized carbons (Fsp3) is 0.485. The SMILES string of the molecule is C=CC(=O)N1CCN(c2nc(OCC34CCCN3CCC4)nc3c2COC(c2nc(N)cc4ccccc24)C3)C[C@@H]1CC#N. The summed E-state index contributed by atoms with van der Waals surface area (Å²) in [6.07, 6.45) is 6.33. The third kappa shape index (κ3) is 5.12. The normalized spacial score (nSPS) is 22.8. The number of carbonyl (C=O) groups excluding carboxylic acids is 1. The highest BCUT2D eigenvalue weighted by Gasteiger charge is 2.45. The molecule has 2 N–H and O–H groups in total. The van der Waals surface area contributed by atoms with E-state index in [1.165, 1.54) is 18.9 Å². The van der Waals surface area contributed by atoms with E-state index in [2.05, 4.69) is 22.4 Å². The summed E-state index contributed by atoms with van der Waals surface area (Å²) in [5, 5.41) is 11.6. The van der Waals surface area contributed by atoms with Gasteiger partial charge in [0.05, 0.1) is 42.1 Å². The third-order valence-electron chi connectivity index (χ3n) is 9.80. The zero-order valence-corrected chi connectivity index (χ0v) is 25.0. The number of nitriles is 1. The van der Waals surface area contributed by atoms with Crippen molar-refractivity contribution in [1.29, 1.82) is 5.26 Å². The van der Waals surface area contributed by atoms with Gasteiger partial charge in [0, 0.05) is 37.0 Å². The van der Waals surface area contributed by atoms with Crippen molar-refractivity contribution < 1.29 is 14.3 Å². The molecule has 228 valence electrons. The molecule has 11 nitrogen and oxygen atoms in total. The largest absolute Gasteiger partial charge is 0.461 e. The quantitative estimate of drug-likeness (QED) is 0.405. The molecule has 2 aromatic heterocycles. The number of aromatic nitrogens is 3. The van der Waals surface area contributed by atoms with E-state index in [-0.39, 0.29) is 30.0 Å². The lowest BCUT2D eigenvalue weighted by molar-refractivity contribution is -0.128. The van der Waals surface area contributed by atoms with E-state index in [9.17, 15) is 10.1 Å². The highest BCUT2D eigenvalue weighted by molar-refractivity contribution is 5.88. The molecule has 11 heteroatoms. The Morgan fingerprint density at radius 2 is 2.00 bits per heavy atom. The minimum Gasteiger partial charge on any atom is -0.461 e. The molecule has 1 amide bonds. The lowest BCUT2D eigenvalue weighted by atomic mass is 9.95. The van der Waals surface area contributed by atoms with Gasteiger partial charge in [-0.05, 0) is 56.3 Å². The maximum absolute atomic E-state index is 12.6. The van der Waals surface area contributed by atoms with Crippen LogP contribution in [0.4, 0.5) is 11.6 Å². The van der Waals surface area contributed by atoms with Gasteiger partial charge in [-0.1, -0.05) is 30.8 Å². The number of fused-ring (bicyclic) bond motifs is 3. The Hall–Kier alpha value is -4.27. The molecular weight excluding hydrogens is 556 g/mol. The molecule has 0 saturated carbocycles. The number of pyridine rings is 1. The summed E-state index contributed by atoms with van der Waals surface area (Å²) in [6.45, 7) is 8.25. The first-order chi connectivity index (χ1) is 21.5. The Morgan fingerprint density at radius 3 is 2.80 bits per heavy atom. The average molecular weight is 595 g/mol. The number of benzene rings is 1. The number of amides is 1. The molecule has 7 rings (SSSR count). The predicted octanol–water partition coefficient (Wildman–Crippen LogP) is 3.55. The Bertz CT molecular complexity index is 1630. The Balaban J connectivity index is 1.23. The maximum Gasteiger partial charge on any atom is 0.318 e. The van der Waals surface area contributed by atoms with Crippen molar-refractivity contribution in [3.63, 3.8) is 0 Å². The summed E-state index contributed by atoms with van der Waals surface area (Å²) in [5.74, 6) is 1.03. The smallest absolute Gasteiger partial charge is 0.318 e. The predicted molar refractivity (Wildman–Crippen MR) is 166 cm³/mol. The Kier molecular flexibility index (Phi) is 7.56. The van der Waals surface area contributed by atoms with Gasteiger partial charge in [0.1, 0.15) is 24.3 Å². The minimum absolute atomic E-state index is 0.0596. The number of anilines is 2. The van der Waals surface area contributed by atoms with Crippen LogP contribution in [0, 0.1) is 11.3 Å². The average Bonchev–Trinajstić information content (AvgIpc) is 3.63. The first kappa shape index (κ1) is 28.5. The molecule has 0 spiro atoms. The molecule has 3 fully saturated rings. The van der Waals surface area contributed by atoms with Crippen molar-refractivity contribution in [2.45, 2.75) is 62.8 Å². The van der Waals surface area contributed by atoms with Gasteiger partial charge in [0.25, 0.3) is 0 Å². The second-order valence-electron chi connectivity index (χ2n) is 12.3. The number of piperazine rings is 1. The zero-order chi connectivity index (χ0) is 30.3. The van der Waals surface area contributed by atoms with E-state index in [0.29, 0.717) is 51.1 Å². The summed E-state index contributed by atoms with van der Waals surface area (Å²) < 4.78 is 12.9. The molecule has 3 aromatic rings. The van der Waals surface area contributed by atoms with Gasteiger partial charge in [0.2, 0.25) is 5.91 Å². The summed E-state index contributed by atoms with van der Waals surface area (Å²) >= 11 is 0. The van der Waals surface area contributed by atoms with Crippen molar-refractivity contribution in [3.05, 3.63) is 59.9 Å². The zero-order valence-electron chi connectivity index (χ0n) is 25.0. The minimum atomic E-state index is -0.335. The van der Waals surface area contributed by atoms with Crippen molar-refractivity contribution in [2.24, 2.45) is 0 Å². The summed E-state index contributed by atoms with van der Waals surface area (Å²) in [4.78, 5) is 33.7.